The molecule has 1 saturated carbocycles. The minimum absolute atomic E-state index is 0. The number of anilines is 1. The smallest absolute Gasteiger partial charge is 0.335 e. The quantitative estimate of drug-likeness (QED) is 0.481. The van der Waals surface area contributed by atoms with Crippen molar-refractivity contribution in [2.45, 2.75) is 52.0 Å². The van der Waals surface area contributed by atoms with Crippen molar-refractivity contribution >= 4 is 22.6 Å². The molecule has 6 rings (SSSR count). The van der Waals surface area contributed by atoms with Gasteiger partial charge >= 0.3 is 5.97 Å². The van der Waals surface area contributed by atoms with Crippen molar-refractivity contribution in [2.75, 3.05) is 57.8 Å². The topological polar surface area (TPSA) is 52.0 Å². The molecule has 2 aromatic carbocycles. The van der Waals surface area contributed by atoms with E-state index in [9.17, 15) is 9.90 Å². The summed E-state index contributed by atoms with van der Waals surface area (Å²) in [5.74, 6) is -0.312. The fourth-order valence-corrected chi connectivity index (χ4v) is 6.69. The summed E-state index contributed by atoms with van der Waals surface area (Å²) in [7, 11) is 2.21. The largest absolute Gasteiger partial charge is 0.478 e. The van der Waals surface area contributed by atoms with E-state index >= 15 is 0 Å². The minimum atomic E-state index is -0.852. The molecular formula is C31H42N4O2. The van der Waals surface area contributed by atoms with Crippen LogP contribution in [0, 0.1) is 0 Å². The number of aromatic nitrogens is 1. The van der Waals surface area contributed by atoms with E-state index in [4.69, 9.17) is 0 Å². The molecule has 37 heavy (non-hydrogen) atoms. The van der Waals surface area contributed by atoms with Crippen molar-refractivity contribution in [1.82, 2.24) is 14.4 Å². The molecule has 2 aliphatic heterocycles. The van der Waals surface area contributed by atoms with Crippen molar-refractivity contribution in [1.29, 1.82) is 0 Å². The summed E-state index contributed by atoms with van der Waals surface area (Å²) in [5, 5.41) is 11.0. The lowest BCUT2D eigenvalue weighted by Gasteiger charge is -2.34. The Bertz CT molecular complexity index is 1250. The maximum absolute atomic E-state index is 11.9. The number of rotatable bonds is 5. The van der Waals surface area contributed by atoms with Crippen LogP contribution in [-0.2, 0) is 6.54 Å². The lowest BCUT2D eigenvalue weighted by Crippen LogP contribution is -2.47. The van der Waals surface area contributed by atoms with Gasteiger partial charge in [-0.25, -0.2) is 4.79 Å². The van der Waals surface area contributed by atoms with E-state index in [1.165, 1.54) is 60.0 Å². The average molecular weight is 503 g/mol. The van der Waals surface area contributed by atoms with Gasteiger partial charge in [-0.1, -0.05) is 51.0 Å². The van der Waals surface area contributed by atoms with Crippen molar-refractivity contribution < 1.29 is 9.90 Å². The first kappa shape index (κ1) is 25.8. The third-order valence-corrected chi connectivity index (χ3v) is 8.74. The molecule has 0 amide bonds. The summed E-state index contributed by atoms with van der Waals surface area (Å²) >= 11 is 0. The Labute approximate surface area is 221 Å². The Hall–Kier alpha value is -2.83. The molecule has 3 aromatic rings. The van der Waals surface area contributed by atoms with Crippen LogP contribution in [0.5, 0.6) is 0 Å². The van der Waals surface area contributed by atoms with Crippen LogP contribution in [-0.4, -0.2) is 78.3 Å². The van der Waals surface area contributed by atoms with Crippen LogP contribution < -0.4 is 4.90 Å². The molecular weight excluding hydrogens is 460 g/mol. The zero-order chi connectivity index (χ0) is 24.6. The maximum Gasteiger partial charge on any atom is 0.335 e. The van der Waals surface area contributed by atoms with Gasteiger partial charge in [0, 0.05) is 74.5 Å². The van der Waals surface area contributed by atoms with E-state index in [2.05, 4.69) is 56.6 Å². The van der Waals surface area contributed by atoms with Crippen molar-refractivity contribution in [3.05, 3.63) is 53.6 Å². The summed E-state index contributed by atoms with van der Waals surface area (Å²) in [6.07, 6.45) is 6.33. The summed E-state index contributed by atoms with van der Waals surface area (Å²) in [6.45, 7) is 8.47. The number of likely N-dealkylation sites (N-methyl/N-ethyl adjacent to an activating group) is 1. The van der Waals surface area contributed by atoms with Gasteiger partial charge in [0.2, 0.25) is 0 Å². The van der Waals surface area contributed by atoms with E-state index in [1.54, 1.807) is 6.07 Å². The fraction of sp³-hybridized carbons (Fsp3) is 0.516. The molecule has 0 bridgehead atoms. The van der Waals surface area contributed by atoms with Crippen LogP contribution in [0.25, 0.3) is 22.2 Å². The first-order valence-electron chi connectivity index (χ1n) is 13.7. The monoisotopic (exact) mass is 502 g/mol. The Balaban J connectivity index is 0.00000280. The second kappa shape index (κ2) is 10.9. The number of hydrogen-bond acceptors (Lipinski definition) is 4. The third-order valence-electron chi connectivity index (χ3n) is 8.74. The number of benzene rings is 2. The van der Waals surface area contributed by atoms with Crippen LogP contribution in [0.15, 0.2) is 42.5 Å². The lowest BCUT2D eigenvalue weighted by atomic mass is 9.81. The average Bonchev–Trinajstić information content (AvgIpc) is 3.14. The van der Waals surface area contributed by atoms with E-state index in [0.717, 1.165) is 57.9 Å². The molecule has 1 aromatic heterocycles. The molecule has 0 atom stereocenters. The highest BCUT2D eigenvalue weighted by molar-refractivity contribution is 5.99. The molecule has 1 saturated heterocycles. The molecule has 2 fully saturated rings. The number of carboxylic acid groups (broad SMARTS) is 1. The number of carbonyl (C=O) groups is 1. The lowest BCUT2D eigenvalue weighted by molar-refractivity contribution is 0.0697. The number of carboxylic acids is 1. The Kier molecular flexibility index (Phi) is 7.59. The first-order chi connectivity index (χ1) is 17.6. The molecule has 1 N–H and O–H groups in total. The minimum Gasteiger partial charge on any atom is -0.478 e. The number of fused-ring (bicyclic) bond motifs is 5. The number of para-hydroxylation sites is 1. The van der Waals surface area contributed by atoms with Gasteiger partial charge in [-0.05, 0) is 49.6 Å². The second-order valence-corrected chi connectivity index (χ2v) is 10.9. The van der Waals surface area contributed by atoms with Gasteiger partial charge < -0.3 is 19.5 Å². The summed E-state index contributed by atoms with van der Waals surface area (Å²) < 4.78 is 2.44. The Morgan fingerprint density at radius 3 is 2.43 bits per heavy atom. The Morgan fingerprint density at radius 1 is 0.919 bits per heavy atom. The summed E-state index contributed by atoms with van der Waals surface area (Å²) in [4.78, 5) is 19.4. The predicted molar refractivity (Wildman–Crippen MR) is 153 cm³/mol. The van der Waals surface area contributed by atoms with Gasteiger partial charge in [-0.15, -0.1) is 0 Å². The normalized spacial score (nSPS) is 19.2. The SMILES string of the molecule is C.CN1CCN(CCN2CCn3c(c(C4CCCCC4)c4ccc(C(=O)O)cc43)-c3ccccc32)CC1. The number of nitrogens with zero attached hydrogens (tertiary/aromatic N) is 4. The first-order valence-corrected chi connectivity index (χ1v) is 13.7. The van der Waals surface area contributed by atoms with Crippen LogP contribution >= 0.6 is 0 Å². The van der Waals surface area contributed by atoms with Crippen molar-refractivity contribution in [2.24, 2.45) is 0 Å². The van der Waals surface area contributed by atoms with Crippen LogP contribution in [0.1, 0.15) is 61.4 Å². The predicted octanol–water partition coefficient (Wildman–Crippen LogP) is 5.76. The number of hydrogen-bond donors (Lipinski definition) is 1. The maximum atomic E-state index is 11.9. The van der Waals surface area contributed by atoms with Gasteiger partial charge in [-0.3, -0.25) is 4.90 Å². The van der Waals surface area contributed by atoms with E-state index in [-0.39, 0.29) is 7.43 Å². The second-order valence-electron chi connectivity index (χ2n) is 10.9. The highest BCUT2D eigenvalue weighted by Crippen LogP contribution is 2.47. The van der Waals surface area contributed by atoms with Gasteiger partial charge in [0.05, 0.1) is 11.3 Å². The molecule has 3 aliphatic rings. The van der Waals surface area contributed by atoms with E-state index in [1.807, 2.05) is 6.07 Å². The van der Waals surface area contributed by atoms with Crippen LogP contribution in [0.2, 0.25) is 0 Å². The fourth-order valence-electron chi connectivity index (χ4n) is 6.69. The van der Waals surface area contributed by atoms with Gasteiger partial charge in [-0.2, -0.15) is 0 Å². The molecule has 0 spiro atoms. The van der Waals surface area contributed by atoms with Crippen molar-refractivity contribution in [3.63, 3.8) is 0 Å². The number of aromatic carboxylic acids is 1. The molecule has 1 aliphatic carbocycles. The van der Waals surface area contributed by atoms with Gasteiger partial charge in [0.1, 0.15) is 0 Å². The standard InChI is InChI=1S/C30H38N4O2.CH4/c1-31-13-15-32(16-14-31)17-18-33-19-20-34-27-21-23(30(35)36)11-12-24(27)28(22-7-3-2-4-8-22)29(34)25-9-5-6-10-26(25)33;/h5-6,9-12,21-22H,2-4,7-8,13-20H2,1H3,(H,35,36);1H4. The molecule has 0 unspecified atom stereocenters. The van der Waals surface area contributed by atoms with Crippen molar-refractivity contribution in [3.8, 4) is 11.3 Å². The highest BCUT2D eigenvalue weighted by atomic mass is 16.4. The molecule has 198 valence electrons. The molecule has 3 heterocycles. The van der Waals surface area contributed by atoms with E-state index in [0.29, 0.717) is 11.5 Å². The molecule has 6 nitrogen and oxygen atoms in total. The highest BCUT2D eigenvalue weighted by Gasteiger charge is 2.30. The van der Waals surface area contributed by atoms with Gasteiger partial charge in [0.15, 0.2) is 0 Å². The van der Waals surface area contributed by atoms with Crippen LogP contribution in [0.3, 0.4) is 0 Å². The van der Waals surface area contributed by atoms with E-state index < -0.39 is 5.97 Å². The van der Waals surface area contributed by atoms with Crippen LogP contribution in [0.4, 0.5) is 5.69 Å². The summed E-state index contributed by atoms with van der Waals surface area (Å²) in [6, 6.07) is 14.7. The molecule has 0 radical (unpaired) electrons. The third kappa shape index (κ3) is 4.89. The number of piperazine rings is 1. The zero-order valence-electron chi connectivity index (χ0n) is 21.5. The Morgan fingerprint density at radius 2 is 1.68 bits per heavy atom. The zero-order valence-corrected chi connectivity index (χ0v) is 21.5. The molecule has 6 heteroatoms. The summed E-state index contributed by atoms with van der Waals surface area (Å²) in [5.41, 5.74) is 6.88. The van der Waals surface area contributed by atoms with Gasteiger partial charge in [0.25, 0.3) is 0 Å².